The van der Waals surface area contributed by atoms with Crippen LogP contribution in [0.25, 0.3) is 0 Å². The summed E-state index contributed by atoms with van der Waals surface area (Å²) >= 11 is 0. The number of hydrogen-bond acceptors (Lipinski definition) is 3. The molecule has 1 saturated heterocycles. The van der Waals surface area contributed by atoms with Gasteiger partial charge in [0.1, 0.15) is 0 Å². The molecule has 0 amide bonds. The summed E-state index contributed by atoms with van der Waals surface area (Å²) in [5.74, 6) is 0. The fraction of sp³-hybridized carbons (Fsp3) is 0.667. The van der Waals surface area contributed by atoms with E-state index in [2.05, 4.69) is 48.3 Å². The van der Waals surface area contributed by atoms with Gasteiger partial charge in [-0.15, -0.1) is 0 Å². The molecule has 0 aromatic heterocycles. The van der Waals surface area contributed by atoms with Crippen LogP contribution in [-0.4, -0.2) is 43.2 Å². The number of nitrogens with one attached hydrogen (secondary N) is 1. The van der Waals surface area contributed by atoms with E-state index in [9.17, 15) is 0 Å². The second-order valence-corrected chi connectivity index (χ2v) is 6.66. The lowest BCUT2D eigenvalue weighted by Crippen LogP contribution is -2.42. The van der Waals surface area contributed by atoms with Crippen molar-refractivity contribution in [2.75, 3.05) is 26.2 Å². The van der Waals surface area contributed by atoms with Gasteiger partial charge in [-0.25, -0.2) is 0 Å². The van der Waals surface area contributed by atoms with Crippen LogP contribution in [-0.2, 0) is 11.2 Å². The maximum absolute atomic E-state index is 6.08. The first-order valence-electron chi connectivity index (χ1n) is 8.41. The maximum atomic E-state index is 6.08. The van der Waals surface area contributed by atoms with E-state index in [0.29, 0.717) is 12.1 Å². The van der Waals surface area contributed by atoms with Crippen molar-refractivity contribution >= 4 is 0 Å². The molecule has 0 radical (unpaired) electrons. The number of likely N-dealkylation sites (tertiary alicyclic amines) is 1. The SMILES string of the molecule is CC(C)NCC1CCCN1CC1OCCc2ccccc21. The number of benzene rings is 1. The Hall–Kier alpha value is -0.900. The van der Waals surface area contributed by atoms with Gasteiger partial charge in [-0.1, -0.05) is 38.1 Å². The first-order valence-corrected chi connectivity index (χ1v) is 8.41. The topological polar surface area (TPSA) is 24.5 Å². The van der Waals surface area contributed by atoms with Crippen LogP contribution in [0.1, 0.15) is 43.9 Å². The molecule has 0 bridgehead atoms. The average molecular weight is 288 g/mol. The average Bonchev–Trinajstić information content (AvgIpc) is 2.93. The first kappa shape index (κ1) is 15.0. The summed E-state index contributed by atoms with van der Waals surface area (Å²) in [6.45, 7) is 8.67. The molecule has 1 N–H and O–H groups in total. The van der Waals surface area contributed by atoms with Gasteiger partial charge in [0.25, 0.3) is 0 Å². The fourth-order valence-corrected chi connectivity index (χ4v) is 3.58. The maximum Gasteiger partial charge on any atom is 0.0954 e. The Bertz CT molecular complexity index is 460. The lowest BCUT2D eigenvalue weighted by molar-refractivity contribution is 0.0131. The molecule has 1 aromatic carbocycles. The Morgan fingerprint density at radius 3 is 3.05 bits per heavy atom. The number of fused-ring (bicyclic) bond motifs is 1. The van der Waals surface area contributed by atoms with Gasteiger partial charge >= 0.3 is 0 Å². The molecule has 3 nitrogen and oxygen atoms in total. The van der Waals surface area contributed by atoms with E-state index >= 15 is 0 Å². The van der Waals surface area contributed by atoms with Crippen LogP contribution in [0.4, 0.5) is 0 Å². The highest BCUT2D eigenvalue weighted by Crippen LogP contribution is 2.29. The van der Waals surface area contributed by atoms with Gasteiger partial charge in [-0.05, 0) is 36.9 Å². The highest BCUT2D eigenvalue weighted by molar-refractivity contribution is 5.31. The summed E-state index contributed by atoms with van der Waals surface area (Å²) in [5, 5.41) is 3.59. The van der Waals surface area contributed by atoms with Gasteiger partial charge in [-0.2, -0.15) is 0 Å². The van der Waals surface area contributed by atoms with E-state index in [4.69, 9.17) is 4.74 Å². The molecule has 116 valence electrons. The standard InChI is InChI=1S/C18H28N2O/c1-14(2)19-12-16-7-5-10-20(16)13-18-17-8-4-3-6-15(17)9-11-21-18/h3-4,6,8,14,16,18-19H,5,7,9-13H2,1-2H3. The normalized spacial score (nSPS) is 26.2. The predicted octanol–water partition coefficient (Wildman–Crippen LogP) is 2.76. The summed E-state index contributed by atoms with van der Waals surface area (Å²) in [6, 6.07) is 10.0. The van der Waals surface area contributed by atoms with Crippen molar-refractivity contribution in [1.29, 1.82) is 0 Å². The first-order chi connectivity index (χ1) is 10.2. The Labute approximate surface area is 128 Å². The quantitative estimate of drug-likeness (QED) is 0.901. The van der Waals surface area contributed by atoms with Crippen molar-refractivity contribution in [2.24, 2.45) is 0 Å². The molecular weight excluding hydrogens is 260 g/mol. The van der Waals surface area contributed by atoms with Crippen LogP contribution in [0, 0.1) is 0 Å². The van der Waals surface area contributed by atoms with E-state index in [1.165, 1.54) is 30.5 Å². The Morgan fingerprint density at radius 2 is 2.19 bits per heavy atom. The van der Waals surface area contributed by atoms with Crippen LogP contribution in [0.3, 0.4) is 0 Å². The molecule has 2 aliphatic heterocycles. The molecule has 2 heterocycles. The van der Waals surface area contributed by atoms with E-state index in [1.54, 1.807) is 0 Å². The molecule has 0 spiro atoms. The molecule has 1 aromatic rings. The minimum absolute atomic E-state index is 0.259. The van der Waals surface area contributed by atoms with Crippen molar-refractivity contribution in [3.8, 4) is 0 Å². The monoisotopic (exact) mass is 288 g/mol. The highest BCUT2D eigenvalue weighted by Gasteiger charge is 2.29. The largest absolute Gasteiger partial charge is 0.372 e. The Morgan fingerprint density at radius 1 is 1.33 bits per heavy atom. The van der Waals surface area contributed by atoms with Crippen molar-refractivity contribution in [3.63, 3.8) is 0 Å². The zero-order valence-electron chi connectivity index (χ0n) is 13.3. The minimum atomic E-state index is 0.259. The number of nitrogens with zero attached hydrogens (tertiary/aromatic N) is 1. The van der Waals surface area contributed by atoms with Gasteiger partial charge in [0.2, 0.25) is 0 Å². The molecule has 2 atom stereocenters. The lowest BCUT2D eigenvalue weighted by Gasteiger charge is -2.32. The third-order valence-electron chi connectivity index (χ3n) is 4.75. The second kappa shape index (κ2) is 6.91. The number of rotatable bonds is 5. The third-order valence-corrected chi connectivity index (χ3v) is 4.75. The van der Waals surface area contributed by atoms with Crippen LogP contribution in [0.5, 0.6) is 0 Å². The van der Waals surface area contributed by atoms with E-state index < -0.39 is 0 Å². The van der Waals surface area contributed by atoms with Crippen molar-refractivity contribution in [3.05, 3.63) is 35.4 Å². The molecular formula is C18H28N2O. The molecule has 1 fully saturated rings. The summed E-state index contributed by atoms with van der Waals surface area (Å²) < 4.78 is 6.08. The fourth-order valence-electron chi connectivity index (χ4n) is 3.58. The van der Waals surface area contributed by atoms with Crippen molar-refractivity contribution < 1.29 is 4.74 Å². The van der Waals surface area contributed by atoms with E-state index in [1.807, 2.05) is 0 Å². The van der Waals surface area contributed by atoms with Gasteiger partial charge in [0.15, 0.2) is 0 Å². The minimum Gasteiger partial charge on any atom is -0.372 e. The van der Waals surface area contributed by atoms with Crippen molar-refractivity contribution in [2.45, 2.75) is 51.3 Å². The van der Waals surface area contributed by atoms with E-state index in [0.717, 1.165) is 26.1 Å². The van der Waals surface area contributed by atoms with Gasteiger partial charge < -0.3 is 10.1 Å². The number of ether oxygens (including phenoxy) is 1. The van der Waals surface area contributed by atoms with Crippen LogP contribution >= 0.6 is 0 Å². The van der Waals surface area contributed by atoms with Gasteiger partial charge in [-0.3, -0.25) is 4.90 Å². The molecule has 0 aliphatic carbocycles. The van der Waals surface area contributed by atoms with E-state index in [-0.39, 0.29) is 6.10 Å². The van der Waals surface area contributed by atoms with Gasteiger partial charge in [0, 0.05) is 25.2 Å². The molecule has 3 heteroatoms. The predicted molar refractivity (Wildman–Crippen MR) is 86.6 cm³/mol. The third kappa shape index (κ3) is 3.65. The number of hydrogen-bond donors (Lipinski definition) is 1. The highest BCUT2D eigenvalue weighted by atomic mass is 16.5. The molecule has 2 aliphatic rings. The second-order valence-electron chi connectivity index (χ2n) is 6.66. The summed E-state index contributed by atoms with van der Waals surface area (Å²) in [4.78, 5) is 2.63. The van der Waals surface area contributed by atoms with Gasteiger partial charge in [0.05, 0.1) is 12.7 Å². The summed E-state index contributed by atoms with van der Waals surface area (Å²) in [7, 11) is 0. The molecule has 0 saturated carbocycles. The molecule has 21 heavy (non-hydrogen) atoms. The Kier molecular flexibility index (Phi) is 4.94. The summed E-state index contributed by atoms with van der Waals surface area (Å²) in [6.07, 6.45) is 3.95. The van der Waals surface area contributed by atoms with Crippen LogP contribution in [0.15, 0.2) is 24.3 Å². The Balaban J connectivity index is 1.63. The van der Waals surface area contributed by atoms with Crippen molar-refractivity contribution in [1.82, 2.24) is 10.2 Å². The lowest BCUT2D eigenvalue weighted by atomic mass is 9.97. The zero-order valence-corrected chi connectivity index (χ0v) is 13.3. The zero-order chi connectivity index (χ0) is 14.7. The molecule has 3 rings (SSSR count). The molecule has 2 unspecified atom stereocenters. The van der Waals surface area contributed by atoms with Crippen LogP contribution in [0.2, 0.25) is 0 Å². The van der Waals surface area contributed by atoms with Crippen LogP contribution < -0.4 is 5.32 Å². The summed E-state index contributed by atoms with van der Waals surface area (Å²) in [5.41, 5.74) is 2.89. The smallest absolute Gasteiger partial charge is 0.0954 e.